The van der Waals surface area contributed by atoms with Crippen molar-refractivity contribution in [3.63, 3.8) is 0 Å². The largest absolute Gasteiger partial charge is 0.325 e. The van der Waals surface area contributed by atoms with Crippen molar-refractivity contribution >= 4 is 27.5 Å². The standard InChI is InChI=1S/C18H18BrNO/c1-11-3-6-13(7-4-11)15-10-16(19)18(21)20-17-9-12(2)5-8-14(15)17/h3-9,15-16H,10H2,1-2H3,(H,20,21)/t15-,16-/m1/s1. The van der Waals surface area contributed by atoms with Gasteiger partial charge in [-0.25, -0.2) is 0 Å². The number of anilines is 1. The van der Waals surface area contributed by atoms with E-state index in [1.54, 1.807) is 0 Å². The molecular weight excluding hydrogens is 326 g/mol. The molecule has 0 radical (unpaired) electrons. The molecule has 108 valence electrons. The maximum Gasteiger partial charge on any atom is 0.238 e. The quantitative estimate of drug-likeness (QED) is 0.756. The molecule has 1 heterocycles. The van der Waals surface area contributed by atoms with Gasteiger partial charge in [-0.1, -0.05) is 57.9 Å². The van der Waals surface area contributed by atoms with Gasteiger partial charge in [-0.05, 0) is 43.0 Å². The Morgan fingerprint density at radius 1 is 1.05 bits per heavy atom. The predicted molar refractivity (Wildman–Crippen MR) is 90.2 cm³/mol. The number of nitrogens with one attached hydrogen (secondary N) is 1. The number of rotatable bonds is 1. The van der Waals surface area contributed by atoms with Crippen molar-refractivity contribution in [1.29, 1.82) is 0 Å². The van der Waals surface area contributed by atoms with Gasteiger partial charge in [0.05, 0.1) is 4.83 Å². The first kappa shape index (κ1) is 14.3. The normalized spacial score (nSPS) is 21.4. The van der Waals surface area contributed by atoms with Crippen molar-refractivity contribution in [2.24, 2.45) is 0 Å². The molecule has 0 bridgehead atoms. The molecule has 0 saturated carbocycles. The van der Waals surface area contributed by atoms with Crippen LogP contribution in [0.1, 0.15) is 34.6 Å². The number of hydrogen-bond acceptors (Lipinski definition) is 1. The highest BCUT2D eigenvalue weighted by Gasteiger charge is 2.29. The van der Waals surface area contributed by atoms with Gasteiger partial charge in [0.1, 0.15) is 0 Å². The molecule has 0 aliphatic carbocycles. The van der Waals surface area contributed by atoms with E-state index < -0.39 is 0 Å². The van der Waals surface area contributed by atoms with Gasteiger partial charge >= 0.3 is 0 Å². The van der Waals surface area contributed by atoms with Crippen LogP contribution in [0.5, 0.6) is 0 Å². The number of fused-ring (bicyclic) bond motifs is 1. The van der Waals surface area contributed by atoms with Crippen LogP contribution < -0.4 is 5.32 Å². The zero-order valence-electron chi connectivity index (χ0n) is 12.2. The number of aryl methyl sites for hydroxylation is 2. The molecule has 21 heavy (non-hydrogen) atoms. The minimum absolute atomic E-state index is 0.0384. The van der Waals surface area contributed by atoms with Gasteiger partial charge in [-0.2, -0.15) is 0 Å². The third-order valence-electron chi connectivity index (χ3n) is 4.05. The fourth-order valence-electron chi connectivity index (χ4n) is 2.85. The highest BCUT2D eigenvalue weighted by atomic mass is 79.9. The van der Waals surface area contributed by atoms with Crippen molar-refractivity contribution in [2.75, 3.05) is 5.32 Å². The summed E-state index contributed by atoms with van der Waals surface area (Å²) >= 11 is 3.52. The Hall–Kier alpha value is -1.61. The molecule has 2 atom stereocenters. The molecule has 2 aromatic carbocycles. The Morgan fingerprint density at radius 2 is 1.71 bits per heavy atom. The number of alkyl halides is 1. The van der Waals surface area contributed by atoms with Gasteiger partial charge in [-0.3, -0.25) is 4.79 Å². The van der Waals surface area contributed by atoms with E-state index in [9.17, 15) is 4.79 Å². The average Bonchev–Trinajstić information content (AvgIpc) is 2.57. The summed E-state index contributed by atoms with van der Waals surface area (Å²) in [5, 5.41) is 3.04. The third kappa shape index (κ3) is 2.88. The first-order valence-electron chi connectivity index (χ1n) is 7.16. The zero-order valence-corrected chi connectivity index (χ0v) is 13.8. The summed E-state index contributed by atoms with van der Waals surface area (Å²) in [5.74, 6) is 0.265. The fraction of sp³-hybridized carbons (Fsp3) is 0.278. The number of benzene rings is 2. The zero-order chi connectivity index (χ0) is 15.0. The second kappa shape index (κ2) is 5.64. The molecule has 0 saturated heterocycles. The van der Waals surface area contributed by atoms with E-state index in [0.29, 0.717) is 0 Å². The molecule has 3 heteroatoms. The first-order valence-corrected chi connectivity index (χ1v) is 8.08. The topological polar surface area (TPSA) is 29.1 Å². The summed E-state index contributed by atoms with van der Waals surface area (Å²) in [7, 11) is 0. The molecule has 1 aliphatic heterocycles. The van der Waals surface area contributed by atoms with Crippen LogP contribution in [-0.4, -0.2) is 10.7 Å². The Labute approximate surface area is 133 Å². The first-order chi connectivity index (χ1) is 10.0. The second-order valence-corrected chi connectivity index (χ2v) is 6.85. The highest BCUT2D eigenvalue weighted by Crippen LogP contribution is 2.38. The van der Waals surface area contributed by atoms with Crippen LogP contribution in [0.15, 0.2) is 42.5 Å². The summed E-state index contributed by atoms with van der Waals surface area (Å²) in [6.07, 6.45) is 0.769. The maximum atomic E-state index is 12.2. The molecular formula is C18H18BrNO. The SMILES string of the molecule is Cc1ccc([C@H]2C[C@@H](Br)C(=O)Nc3cc(C)ccc32)cc1. The predicted octanol–water partition coefficient (Wildman–Crippen LogP) is 4.54. The van der Waals surface area contributed by atoms with Crippen molar-refractivity contribution in [2.45, 2.75) is 31.0 Å². The minimum atomic E-state index is -0.170. The van der Waals surface area contributed by atoms with Crippen molar-refractivity contribution in [3.05, 3.63) is 64.7 Å². The number of carbonyl (C=O) groups is 1. The molecule has 0 spiro atoms. The lowest BCUT2D eigenvalue weighted by Gasteiger charge is -2.19. The van der Waals surface area contributed by atoms with Crippen LogP contribution >= 0.6 is 15.9 Å². The molecule has 0 unspecified atom stereocenters. The van der Waals surface area contributed by atoms with Crippen molar-refractivity contribution in [1.82, 2.24) is 0 Å². The lowest BCUT2D eigenvalue weighted by Crippen LogP contribution is -2.21. The van der Waals surface area contributed by atoms with Crippen LogP contribution in [0.3, 0.4) is 0 Å². The van der Waals surface area contributed by atoms with E-state index in [2.05, 4.69) is 70.6 Å². The smallest absolute Gasteiger partial charge is 0.238 e. The van der Waals surface area contributed by atoms with Crippen molar-refractivity contribution in [3.8, 4) is 0 Å². The van der Waals surface area contributed by atoms with E-state index in [-0.39, 0.29) is 16.7 Å². The highest BCUT2D eigenvalue weighted by molar-refractivity contribution is 9.10. The summed E-state index contributed by atoms with van der Waals surface area (Å²) in [4.78, 5) is 12.0. The Kier molecular flexibility index (Phi) is 3.85. The Balaban J connectivity index is 2.11. The van der Waals surface area contributed by atoms with Gasteiger partial charge in [0.15, 0.2) is 0 Å². The summed E-state index contributed by atoms with van der Waals surface area (Å²) in [6.45, 7) is 4.14. The number of amides is 1. The van der Waals surface area contributed by atoms with E-state index >= 15 is 0 Å². The number of halogens is 1. The minimum Gasteiger partial charge on any atom is -0.325 e. The molecule has 2 nitrogen and oxygen atoms in total. The molecule has 2 aromatic rings. The van der Waals surface area contributed by atoms with Crippen LogP contribution in [0.25, 0.3) is 0 Å². The lowest BCUT2D eigenvalue weighted by molar-refractivity contribution is -0.115. The maximum absolute atomic E-state index is 12.2. The fourth-order valence-corrected chi connectivity index (χ4v) is 3.34. The van der Waals surface area contributed by atoms with Crippen molar-refractivity contribution < 1.29 is 4.79 Å². The molecule has 0 aromatic heterocycles. The monoisotopic (exact) mass is 343 g/mol. The van der Waals surface area contributed by atoms with Gasteiger partial charge in [0.2, 0.25) is 5.91 Å². The molecule has 1 amide bonds. The van der Waals surface area contributed by atoms with Gasteiger partial charge in [0.25, 0.3) is 0 Å². The Bertz CT molecular complexity index is 678. The van der Waals surface area contributed by atoms with Crippen LogP contribution in [0.2, 0.25) is 0 Å². The lowest BCUT2D eigenvalue weighted by atomic mass is 9.86. The third-order valence-corrected chi connectivity index (χ3v) is 4.84. The van der Waals surface area contributed by atoms with Gasteiger partial charge in [0, 0.05) is 11.6 Å². The molecule has 1 N–H and O–H groups in total. The summed E-state index contributed by atoms with van der Waals surface area (Å²) < 4.78 is 0. The van der Waals surface area contributed by atoms with Gasteiger partial charge in [-0.15, -0.1) is 0 Å². The number of carbonyl (C=O) groups excluding carboxylic acids is 1. The van der Waals surface area contributed by atoms with Crippen LogP contribution in [0, 0.1) is 13.8 Å². The average molecular weight is 344 g/mol. The Morgan fingerprint density at radius 3 is 2.43 bits per heavy atom. The van der Waals surface area contributed by atoms with E-state index in [4.69, 9.17) is 0 Å². The van der Waals surface area contributed by atoms with E-state index in [1.165, 1.54) is 16.7 Å². The number of hydrogen-bond donors (Lipinski definition) is 1. The van der Waals surface area contributed by atoms with E-state index in [0.717, 1.165) is 17.7 Å². The molecule has 0 fully saturated rings. The second-order valence-electron chi connectivity index (χ2n) is 5.75. The summed E-state index contributed by atoms with van der Waals surface area (Å²) in [6, 6.07) is 14.9. The van der Waals surface area contributed by atoms with Crippen LogP contribution in [-0.2, 0) is 4.79 Å². The van der Waals surface area contributed by atoms with Gasteiger partial charge < -0.3 is 5.32 Å². The van der Waals surface area contributed by atoms with E-state index in [1.807, 2.05) is 6.92 Å². The van der Waals surface area contributed by atoms with Crippen LogP contribution in [0.4, 0.5) is 5.69 Å². The summed E-state index contributed by atoms with van der Waals surface area (Å²) in [5.41, 5.74) is 5.80. The molecule has 3 rings (SSSR count). The molecule has 1 aliphatic rings.